The number of rotatable bonds is 4. The standard InChI is InChI=1S/C14H22O4S/c15-13(16)9-5-1-3-7-11(9)19-12-8-4-2-6-10(12)14(17)18/h9-12H,1-8H2,(H,15,16)(H,17,18). The summed E-state index contributed by atoms with van der Waals surface area (Å²) < 4.78 is 0. The van der Waals surface area contributed by atoms with Gasteiger partial charge in [-0.25, -0.2) is 0 Å². The van der Waals surface area contributed by atoms with Crippen LogP contribution in [0.5, 0.6) is 0 Å². The van der Waals surface area contributed by atoms with Gasteiger partial charge in [0.2, 0.25) is 0 Å². The van der Waals surface area contributed by atoms with E-state index in [-0.39, 0.29) is 22.3 Å². The van der Waals surface area contributed by atoms with E-state index in [2.05, 4.69) is 0 Å². The highest BCUT2D eigenvalue weighted by molar-refractivity contribution is 8.00. The fourth-order valence-corrected chi connectivity index (χ4v) is 5.25. The molecule has 0 spiro atoms. The summed E-state index contributed by atoms with van der Waals surface area (Å²) in [4.78, 5) is 22.6. The smallest absolute Gasteiger partial charge is 0.307 e. The molecular formula is C14H22O4S. The van der Waals surface area contributed by atoms with Crippen LogP contribution >= 0.6 is 11.8 Å². The Morgan fingerprint density at radius 3 is 1.47 bits per heavy atom. The number of carboxylic acid groups (broad SMARTS) is 2. The number of thioether (sulfide) groups is 1. The van der Waals surface area contributed by atoms with Gasteiger partial charge in [-0.15, -0.1) is 0 Å². The van der Waals surface area contributed by atoms with Gasteiger partial charge in [0, 0.05) is 10.5 Å². The highest BCUT2D eigenvalue weighted by Gasteiger charge is 2.37. The molecule has 2 fully saturated rings. The van der Waals surface area contributed by atoms with Gasteiger partial charge in [0.1, 0.15) is 0 Å². The molecule has 0 aliphatic heterocycles. The van der Waals surface area contributed by atoms with E-state index in [1.165, 1.54) is 0 Å². The van der Waals surface area contributed by atoms with Gasteiger partial charge in [-0.3, -0.25) is 9.59 Å². The zero-order chi connectivity index (χ0) is 13.8. The summed E-state index contributed by atoms with van der Waals surface area (Å²) >= 11 is 1.65. The van der Waals surface area contributed by atoms with E-state index in [0.717, 1.165) is 51.4 Å². The summed E-state index contributed by atoms with van der Waals surface area (Å²) in [6.07, 6.45) is 7.46. The van der Waals surface area contributed by atoms with Crippen LogP contribution in [0, 0.1) is 11.8 Å². The molecule has 0 aromatic rings. The Morgan fingerprint density at radius 2 is 1.11 bits per heavy atom. The molecule has 0 radical (unpaired) electrons. The number of carbonyl (C=O) groups is 2. The van der Waals surface area contributed by atoms with Crippen molar-refractivity contribution >= 4 is 23.7 Å². The molecule has 0 heterocycles. The first-order valence-electron chi connectivity index (χ1n) is 7.20. The molecule has 4 unspecified atom stereocenters. The van der Waals surface area contributed by atoms with Crippen LogP contribution in [-0.4, -0.2) is 32.7 Å². The molecule has 2 aliphatic carbocycles. The third-order valence-corrected chi connectivity index (χ3v) is 6.22. The predicted octanol–water partition coefficient (Wildman–Crippen LogP) is 3.01. The van der Waals surface area contributed by atoms with Gasteiger partial charge in [-0.05, 0) is 25.7 Å². The van der Waals surface area contributed by atoms with Crippen molar-refractivity contribution in [2.24, 2.45) is 11.8 Å². The number of hydrogen-bond acceptors (Lipinski definition) is 3. The minimum atomic E-state index is -0.708. The van der Waals surface area contributed by atoms with E-state index < -0.39 is 11.9 Å². The molecule has 4 nitrogen and oxygen atoms in total. The topological polar surface area (TPSA) is 74.6 Å². The zero-order valence-corrected chi connectivity index (χ0v) is 11.9. The van der Waals surface area contributed by atoms with Crippen molar-refractivity contribution in [2.45, 2.75) is 61.9 Å². The van der Waals surface area contributed by atoms with Gasteiger partial charge in [0.05, 0.1) is 11.8 Å². The van der Waals surface area contributed by atoms with Crippen LogP contribution in [0.25, 0.3) is 0 Å². The number of hydrogen-bond donors (Lipinski definition) is 2. The van der Waals surface area contributed by atoms with Crippen molar-refractivity contribution in [3.05, 3.63) is 0 Å². The largest absolute Gasteiger partial charge is 0.481 e. The van der Waals surface area contributed by atoms with Crippen molar-refractivity contribution in [1.29, 1.82) is 0 Å². The second kappa shape index (κ2) is 6.64. The molecule has 2 N–H and O–H groups in total. The van der Waals surface area contributed by atoms with Gasteiger partial charge in [-0.1, -0.05) is 25.7 Å². The third kappa shape index (κ3) is 3.65. The Bertz CT molecular complexity index is 312. The molecule has 0 aromatic carbocycles. The lowest BCUT2D eigenvalue weighted by Crippen LogP contribution is -2.35. The van der Waals surface area contributed by atoms with Gasteiger partial charge in [0.15, 0.2) is 0 Å². The first-order chi connectivity index (χ1) is 9.09. The normalized spacial score (nSPS) is 35.8. The second-order valence-electron chi connectivity index (χ2n) is 5.67. The summed E-state index contributed by atoms with van der Waals surface area (Å²) in [5.74, 6) is -1.98. The summed E-state index contributed by atoms with van der Waals surface area (Å²) in [7, 11) is 0. The highest BCUT2D eigenvalue weighted by Crippen LogP contribution is 2.42. The zero-order valence-electron chi connectivity index (χ0n) is 11.1. The van der Waals surface area contributed by atoms with Gasteiger partial charge in [-0.2, -0.15) is 11.8 Å². The molecule has 0 bridgehead atoms. The van der Waals surface area contributed by atoms with E-state index >= 15 is 0 Å². The first kappa shape index (κ1) is 14.7. The molecule has 19 heavy (non-hydrogen) atoms. The van der Waals surface area contributed by atoms with Crippen molar-refractivity contribution in [1.82, 2.24) is 0 Å². The van der Waals surface area contributed by atoms with E-state index in [1.807, 2.05) is 0 Å². The quantitative estimate of drug-likeness (QED) is 0.831. The summed E-state index contributed by atoms with van der Waals surface area (Å²) in [6, 6.07) is 0. The Hall–Kier alpha value is -0.710. The Labute approximate surface area is 118 Å². The SMILES string of the molecule is O=C(O)C1CCCCC1SC1CCCCC1C(=O)O. The van der Waals surface area contributed by atoms with Crippen LogP contribution in [0.15, 0.2) is 0 Å². The third-order valence-electron chi connectivity index (χ3n) is 4.39. The summed E-state index contributed by atoms with van der Waals surface area (Å²) in [5.41, 5.74) is 0. The second-order valence-corrected chi connectivity index (χ2v) is 7.15. The molecule has 0 saturated heterocycles. The summed E-state index contributed by atoms with van der Waals surface area (Å²) in [6.45, 7) is 0. The fourth-order valence-electron chi connectivity index (χ4n) is 3.31. The molecule has 4 atom stereocenters. The fraction of sp³-hybridized carbons (Fsp3) is 0.857. The monoisotopic (exact) mass is 286 g/mol. The van der Waals surface area contributed by atoms with Crippen molar-refractivity contribution < 1.29 is 19.8 Å². The minimum absolute atomic E-state index is 0.108. The number of carboxylic acids is 2. The van der Waals surface area contributed by atoms with Crippen LogP contribution in [0.4, 0.5) is 0 Å². The maximum absolute atomic E-state index is 11.3. The molecule has 0 amide bonds. The van der Waals surface area contributed by atoms with E-state index in [1.54, 1.807) is 11.8 Å². The lowest BCUT2D eigenvalue weighted by Gasteiger charge is -2.35. The highest BCUT2D eigenvalue weighted by atomic mass is 32.2. The Kier molecular flexibility index (Phi) is 5.13. The first-order valence-corrected chi connectivity index (χ1v) is 8.15. The molecule has 2 saturated carbocycles. The molecule has 2 rings (SSSR count). The Morgan fingerprint density at radius 1 is 0.737 bits per heavy atom. The van der Waals surface area contributed by atoms with Gasteiger partial charge < -0.3 is 10.2 Å². The van der Waals surface area contributed by atoms with Crippen LogP contribution in [0.3, 0.4) is 0 Å². The van der Waals surface area contributed by atoms with Crippen molar-refractivity contribution in [2.75, 3.05) is 0 Å². The van der Waals surface area contributed by atoms with Crippen molar-refractivity contribution in [3.63, 3.8) is 0 Å². The molecule has 0 aromatic heterocycles. The van der Waals surface area contributed by atoms with E-state index in [4.69, 9.17) is 0 Å². The van der Waals surface area contributed by atoms with Crippen LogP contribution in [0.2, 0.25) is 0 Å². The maximum Gasteiger partial charge on any atom is 0.307 e. The van der Waals surface area contributed by atoms with E-state index in [0.29, 0.717) is 0 Å². The van der Waals surface area contributed by atoms with Crippen LogP contribution < -0.4 is 0 Å². The minimum Gasteiger partial charge on any atom is -0.481 e. The van der Waals surface area contributed by atoms with Gasteiger partial charge >= 0.3 is 11.9 Å². The average Bonchev–Trinajstić information content (AvgIpc) is 2.39. The van der Waals surface area contributed by atoms with Gasteiger partial charge in [0.25, 0.3) is 0 Å². The average molecular weight is 286 g/mol. The number of aliphatic carboxylic acids is 2. The molecule has 5 heteroatoms. The van der Waals surface area contributed by atoms with Crippen LogP contribution in [0.1, 0.15) is 51.4 Å². The maximum atomic E-state index is 11.3. The predicted molar refractivity (Wildman–Crippen MR) is 74.4 cm³/mol. The lowest BCUT2D eigenvalue weighted by molar-refractivity contribution is -0.143. The lowest BCUT2D eigenvalue weighted by atomic mass is 9.88. The molecule has 108 valence electrons. The Balaban J connectivity index is 2.00. The van der Waals surface area contributed by atoms with Crippen molar-refractivity contribution in [3.8, 4) is 0 Å². The summed E-state index contributed by atoms with van der Waals surface area (Å²) in [5, 5.41) is 18.8. The molecule has 2 aliphatic rings. The molecular weight excluding hydrogens is 264 g/mol. The van der Waals surface area contributed by atoms with Crippen LogP contribution in [-0.2, 0) is 9.59 Å². The van der Waals surface area contributed by atoms with E-state index in [9.17, 15) is 19.8 Å².